The van der Waals surface area contributed by atoms with Gasteiger partial charge in [-0.25, -0.2) is 0 Å². The molecule has 0 bridgehead atoms. The van der Waals surface area contributed by atoms with E-state index in [4.69, 9.17) is 15.3 Å². The molecule has 118 valence electrons. The van der Waals surface area contributed by atoms with Gasteiger partial charge in [0.05, 0.1) is 17.7 Å². The Morgan fingerprint density at radius 1 is 1.08 bits per heavy atom. The first kappa shape index (κ1) is 16.7. The largest absolute Gasteiger partial charge is 0.457 e. The van der Waals surface area contributed by atoms with E-state index in [1.807, 2.05) is 6.07 Å². The third-order valence-corrected chi connectivity index (χ3v) is 3.24. The van der Waals surface area contributed by atoms with Crippen LogP contribution in [-0.2, 0) is 4.79 Å². The second-order valence-corrected chi connectivity index (χ2v) is 4.81. The van der Waals surface area contributed by atoms with Gasteiger partial charge in [-0.2, -0.15) is 10.5 Å². The Hall–Kier alpha value is -3.64. The molecule has 0 aliphatic rings. The predicted octanol–water partition coefficient (Wildman–Crippen LogP) is 2.42. The Balaban J connectivity index is 2.22. The standard InChI is InChI=1S/C18H13N3O3/c1-21-18(23)16(11-20)17(22)13-3-2-4-15(9-13)24-14-7-5-12(10-19)6-8-14/h2-9,16H,1H3,(H,21,23)/t16-/m1/s1. The summed E-state index contributed by atoms with van der Waals surface area (Å²) in [6, 6.07) is 16.4. The molecular formula is C18H13N3O3. The fourth-order valence-corrected chi connectivity index (χ4v) is 1.99. The van der Waals surface area contributed by atoms with Crippen LogP contribution in [0.15, 0.2) is 48.5 Å². The zero-order valence-electron chi connectivity index (χ0n) is 12.8. The van der Waals surface area contributed by atoms with Crippen LogP contribution >= 0.6 is 0 Å². The molecule has 2 aromatic carbocycles. The van der Waals surface area contributed by atoms with Crippen LogP contribution in [0.4, 0.5) is 0 Å². The predicted molar refractivity (Wildman–Crippen MR) is 85.2 cm³/mol. The Bertz CT molecular complexity index is 845. The molecule has 6 heteroatoms. The van der Waals surface area contributed by atoms with Crippen LogP contribution in [0, 0.1) is 28.6 Å². The van der Waals surface area contributed by atoms with Crippen molar-refractivity contribution in [1.82, 2.24) is 5.32 Å². The number of ether oxygens (including phenoxy) is 1. The molecule has 0 aromatic heterocycles. The quantitative estimate of drug-likeness (QED) is 0.673. The number of nitriles is 2. The summed E-state index contributed by atoms with van der Waals surface area (Å²) < 4.78 is 5.62. The fraction of sp³-hybridized carbons (Fsp3) is 0.111. The highest BCUT2D eigenvalue weighted by Gasteiger charge is 2.26. The summed E-state index contributed by atoms with van der Waals surface area (Å²) in [6.45, 7) is 0. The second-order valence-electron chi connectivity index (χ2n) is 4.81. The van der Waals surface area contributed by atoms with Gasteiger partial charge in [-0.1, -0.05) is 12.1 Å². The Morgan fingerprint density at radius 2 is 1.79 bits per heavy atom. The van der Waals surface area contributed by atoms with Crippen molar-refractivity contribution in [2.45, 2.75) is 0 Å². The number of nitrogens with zero attached hydrogens (tertiary/aromatic N) is 2. The molecule has 0 radical (unpaired) electrons. The summed E-state index contributed by atoms with van der Waals surface area (Å²) in [7, 11) is 1.37. The molecule has 24 heavy (non-hydrogen) atoms. The highest BCUT2D eigenvalue weighted by molar-refractivity contribution is 6.12. The average Bonchev–Trinajstić information content (AvgIpc) is 2.63. The van der Waals surface area contributed by atoms with E-state index in [-0.39, 0.29) is 5.56 Å². The van der Waals surface area contributed by atoms with E-state index in [9.17, 15) is 9.59 Å². The Morgan fingerprint density at radius 3 is 2.38 bits per heavy atom. The fourth-order valence-electron chi connectivity index (χ4n) is 1.99. The molecule has 0 aliphatic heterocycles. The average molecular weight is 319 g/mol. The second kappa shape index (κ2) is 7.57. The number of carbonyl (C=O) groups excluding carboxylic acids is 2. The summed E-state index contributed by atoms with van der Waals surface area (Å²) in [4.78, 5) is 23.9. The number of rotatable bonds is 5. The molecule has 6 nitrogen and oxygen atoms in total. The first-order valence-corrected chi connectivity index (χ1v) is 7.02. The number of Topliss-reactive ketones (excluding diaryl/α,β-unsaturated/α-hetero) is 1. The Kier molecular flexibility index (Phi) is 5.28. The first-order valence-electron chi connectivity index (χ1n) is 7.02. The molecule has 0 fully saturated rings. The van der Waals surface area contributed by atoms with Gasteiger partial charge >= 0.3 is 0 Å². The topological polar surface area (TPSA) is 103 Å². The maximum Gasteiger partial charge on any atom is 0.245 e. The van der Waals surface area contributed by atoms with Crippen LogP contribution in [-0.4, -0.2) is 18.7 Å². The molecule has 1 amide bonds. The van der Waals surface area contributed by atoms with Crippen LogP contribution in [0.2, 0.25) is 0 Å². The molecule has 0 aliphatic carbocycles. The molecule has 0 saturated carbocycles. The summed E-state index contributed by atoms with van der Waals surface area (Å²) in [5.41, 5.74) is 0.713. The molecule has 0 saturated heterocycles. The van der Waals surface area contributed by atoms with Gasteiger partial charge in [0, 0.05) is 12.6 Å². The summed E-state index contributed by atoms with van der Waals surface area (Å²) >= 11 is 0. The number of carbonyl (C=O) groups is 2. The highest BCUT2D eigenvalue weighted by Crippen LogP contribution is 2.23. The Labute approximate surface area is 138 Å². The first-order chi connectivity index (χ1) is 11.6. The van der Waals surface area contributed by atoms with Crippen LogP contribution in [0.3, 0.4) is 0 Å². The van der Waals surface area contributed by atoms with E-state index < -0.39 is 17.6 Å². The molecule has 1 atom stereocenters. The van der Waals surface area contributed by atoms with Gasteiger partial charge in [-0.05, 0) is 36.4 Å². The van der Waals surface area contributed by atoms with Gasteiger partial charge in [0.15, 0.2) is 11.7 Å². The minimum absolute atomic E-state index is 0.205. The van der Waals surface area contributed by atoms with E-state index in [0.717, 1.165) is 0 Å². The number of hydrogen-bond donors (Lipinski definition) is 1. The van der Waals surface area contributed by atoms with Crippen LogP contribution in [0.5, 0.6) is 11.5 Å². The smallest absolute Gasteiger partial charge is 0.245 e. The van der Waals surface area contributed by atoms with Crippen molar-refractivity contribution in [3.05, 3.63) is 59.7 Å². The lowest BCUT2D eigenvalue weighted by atomic mass is 9.98. The number of ketones is 1. The van der Waals surface area contributed by atoms with Gasteiger partial charge < -0.3 is 10.1 Å². The van der Waals surface area contributed by atoms with Crippen LogP contribution in [0.1, 0.15) is 15.9 Å². The SMILES string of the molecule is CNC(=O)[C@H](C#N)C(=O)c1cccc(Oc2ccc(C#N)cc2)c1. The molecule has 2 aromatic rings. The molecule has 0 unspecified atom stereocenters. The number of amides is 1. The van der Waals surface area contributed by atoms with Crippen molar-refractivity contribution in [2.75, 3.05) is 7.05 Å². The normalized spacial score (nSPS) is 10.8. The van der Waals surface area contributed by atoms with Gasteiger partial charge in [0.25, 0.3) is 0 Å². The zero-order valence-corrected chi connectivity index (χ0v) is 12.8. The van der Waals surface area contributed by atoms with Crippen molar-refractivity contribution >= 4 is 11.7 Å². The van der Waals surface area contributed by atoms with Crippen molar-refractivity contribution in [2.24, 2.45) is 5.92 Å². The minimum Gasteiger partial charge on any atom is -0.457 e. The highest BCUT2D eigenvalue weighted by atomic mass is 16.5. The molecular weight excluding hydrogens is 306 g/mol. The zero-order chi connectivity index (χ0) is 17.5. The minimum atomic E-state index is -1.40. The summed E-state index contributed by atoms with van der Waals surface area (Å²) in [5, 5.41) is 20.1. The van der Waals surface area contributed by atoms with E-state index >= 15 is 0 Å². The third kappa shape index (κ3) is 3.76. The molecule has 0 heterocycles. The maximum atomic E-state index is 12.3. The lowest BCUT2D eigenvalue weighted by Crippen LogP contribution is -2.32. The van der Waals surface area contributed by atoms with E-state index in [1.165, 1.54) is 19.2 Å². The molecule has 0 spiro atoms. The van der Waals surface area contributed by atoms with E-state index in [1.54, 1.807) is 42.5 Å². The van der Waals surface area contributed by atoms with Crippen molar-refractivity contribution in [3.8, 4) is 23.6 Å². The van der Waals surface area contributed by atoms with Gasteiger partial charge in [-0.3, -0.25) is 9.59 Å². The number of hydrogen-bond acceptors (Lipinski definition) is 5. The number of benzene rings is 2. The summed E-state index contributed by atoms with van der Waals surface area (Å²) in [5.74, 6) is -1.76. The maximum absolute atomic E-state index is 12.3. The lowest BCUT2D eigenvalue weighted by molar-refractivity contribution is -0.121. The lowest BCUT2D eigenvalue weighted by Gasteiger charge is -2.09. The van der Waals surface area contributed by atoms with Crippen molar-refractivity contribution in [3.63, 3.8) is 0 Å². The van der Waals surface area contributed by atoms with Gasteiger partial charge in [-0.15, -0.1) is 0 Å². The summed E-state index contributed by atoms with van der Waals surface area (Å²) in [6.07, 6.45) is 0. The van der Waals surface area contributed by atoms with Gasteiger partial charge in [0.2, 0.25) is 5.91 Å². The van der Waals surface area contributed by atoms with E-state index in [2.05, 4.69) is 5.32 Å². The van der Waals surface area contributed by atoms with Gasteiger partial charge in [0.1, 0.15) is 11.5 Å². The van der Waals surface area contributed by atoms with Crippen LogP contribution < -0.4 is 10.1 Å². The van der Waals surface area contributed by atoms with Crippen molar-refractivity contribution < 1.29 is 14.3 Å². The third-order valence-electron chi connectivity index (χ3n) is 3.24. The van der Waals surface area contributed by atoms with E-state index in [0.29, 0.717) is 17.1 Å². The number of nitrogens with one attached hydrogen (secondary N) is 1. The van der Waals surface area contributed by atoms with Crippen molar-refractivity contribution in [1.29, 1.82) is 10.5 Å². The monoisotopic (exact) mass is 319 g/mol. The molecule has 1 N–H and O–H groups in total. The van der Waals surface area contributed by atoms with Crippen LogP contribution in [0.25, 0.3) is 0 Å². The molecule has 2 rings (SSSR count).